The van der Waals surface area contributed by atoms with Crippen molar-refractivity contribution in [1.29, 1.82) is 5.26 Å². The molecule has 0 heterocycles. The minimum atomic E-state index is -3.68. The maximum Gasteiger partial charge on any atom is 0.225 e. The molecule has 1 unspecified atom stereocenters. The van der Waals surface area contributed by atoms with Crippen molar-refractivity contribution in [2.45, 2.75) is 13.0 Å². The van der Waals surface area contributed by atoms with Gasteiger partial charge in [-0.25, -0.2) is 21.6 Å². The first-order valence-corrected chi connectivity index (χ1v) is 7.42. The molecule has 0 saturated heterocycles. The van der Waals surface area contributed by atoms with Crippen molar-refractivity contribution in [1.82, 2.24) is 4.72 Å². The number of hydrogen-bond donors (Lipinski definition) is 1. The minimum absolute atomic E-state index is 0.280. The van der Waals surface area contributed by atoms with Gasteiger partial charge < -0.3 is 0 Å². The van der Waals surface area contributed by atoms with Crippen molar-refractivity contribution >= 4 is 19.9 Å². The first-order chi connectivity index (χ1) is 6.16. The largest absolute Gasteiger partial charge is 0.229 e. The van der Waals surface area contributed by atoms with E-state index in [4.69, 9.17) is 5.26 Å². The normalized spacial score (nSPS) is 14.6. The molecule has 0 amide bonds. The van der Waals surface area contributed by atoms with Crippen molar-refractivity contribution in [2.24, 2.45) is 0 Å². The average molecular weight is 240 g/mol. The van der Waals surface area contributed by atoms with E-state index in [1.165, 1.54) is 13.0 Å². The number of nitriles is 1. The molecule has 0 bridgehead atoms. The molecule has 8 heteroatoms. The van der Waals surface area contributed by atoms with Gasteiger partial charge in [0.15, 0.2) is 5.75 Å². The molecule has 0 aromatic heterocycles. The van der Waals surface area contributed by atoms with Crippen LogP contribution in [0.1, 0.15) is 6.92 Å². The molecule has 82 valence electrons. The summed E-state index contributed by atoms with van der Waals surface area (Å²) in [4.78, 5) is 0. The van der Waals surface area contributed by atoms with Crippen LogP contribution in [0, 0.1) is 11.3 Å². The second-order valence-electron chi connectivity index (χ2n) is 3.03. The average Bonchev–Trinajstić information content (AvgIpc) is 1.78. The van der Waals surface area contributed by atoms with Crippen LogP contribution in [0.15, 0.2) is 0 Å². The molecule has 1 atom stereocenters. The van der Waals surface area contributed by atoms with Crippen LogP contribution in [0.5, 0.6) is 0 Å². The quantitative estimate of drug-likeness (QED) is 0.654. The van der Waals surface area contributed by atoms with Crippen LogP contribution in [0.4, 0.5) is 0 Å². The summed E-state index contributed by atoms with van der Waals surface area (Å²) in [7, 11) is -6.90. The third kappa shape index (κ3) is 6.82. The molecular formula is C6H12N2O4S2. The highest BCUT2D eigenvalue weighted by Crippen LogP contribution is 1.93. The molecule has 0 radical (unpaired) electrons. The summed E-state index contributed by atoms with van der Waals surface area (Å²) in [6.45, 7) is 1.43. The number of sulfone groups is 1. The Labute approximate surface area is 83.9 Å². The Morgan fingerprint density at radius 2 is 1.86 bits per heavy atom. The molecule has 0 aliphatic rings. The van der Waals surface area contributed by atoms with Crippen molar-refractivity contribution < 1.29 is 16.8 Å². The van der Waals surface area contributed by atoms with Crippen molar-refractivity contribution in [3.05, 3.63) is 0 Å². The summed E-state index contributed by atoms with van der Waals surface area (Å²) in [6.07, 6.45) is 1.02. The highest BCUT2D eigenvalue weighted by molar-refractivity contribution is 7.91. The van der Waals surface area contributed by atoms with Crippen LogP contribution in [0.3, 0.4) is 0 Å². The third-order valence-electron chi connectivity index (χ3n) is 1.19. The van der Waals surface area contributed by atoms with Crippen LogP contribution in [0.2, 0.25) is 0 Å². The fraction of sp³-hybridized carbons (Fsp3) is 0.833. The molecule has 0 aromatic carbocycles. The summed E-state index contributed by atoms with van der Waals surface area (Å²) < 4.78 is 45.7. The third-order valence-corrected chi connectivity index (χ3v) is 3.56. The van der Waals surface area contributed by atoms with Crippen molar-refractivity contribution in [3.8, 4) is 6.07 Å². The molecule has 0 saturated carbocycles. The Hall–Kier alpha value is -0.650. The molecule has 0 aliphatic carbocycles. The van der Waals surface area contributed by atoms with E-state index in [0.717, 1.165) is 6.26 Å². The van der Waals surface area contributed by atoms with E-state index in [1.54, 1.807) is 0 Å². The van der Waals surface area contributed by atoms with E-state index in [-0.39, 0.29) is 5.75 Å². The summed E-state index contributed by atoms with van der Waals surface area (Å²) in [6, 6.07) is 0.757. The van der Waals surface area contributed by atoms with E-state index in [2.05, 4.69) is 4.72 Å². The van der Waals surface area contributed by atoms with Crippen LogP contribution >= 0.6 is 0 Å². The summed E-state index contributed by atoms with van der Waals surface area (Å²) in [5, 5.41) is 8.16. The van der Waals surface area contributed by atoms with E-state index in [1.807, 2.05) is 0 Å². The maximum atomic E-state index is 11.0. The van der Waals surface area contributed by atoms with E-state index in [0.29, 0.717) is 0 Å². The summed E-state index contributed by atoms with van der Waals surface area (Å²) >= 11 is 0. The number of sulfonamides is 1. The molecule has 0 spiro atoms. The summed E-state index contributed by atoms with van der Waals surface area (Å²) in [5.74, 6) is -0.946. The van der Waals surface area contributed by atoms with Gasteiger partial charge in [-0.15, -0.1) is 0 Å². The molecule has 0 rings (SSSR count). The minimum Gasteiger partial charge on any atom is -0.229 e. The van der Waals surface area contributed by atoms with Crippen LogP contribution in [0.25, 0.3) is 0 Å². The van der Waals surface area contributed by atoms with Gasteiger partial charge in [0.2, 0.25) is 10.0 Å². The van der Waals surface area contributed by atoms with Gasteiger partial charge in [0.25, 0.3) is 0 Å². The highest BCUT2D eigenvalue weighted by atomic mass is 32.2. The molecule has 0 aliphatic heterocycles. The van der Waals surface area contributed by atoms with Gasteiger partial charge in [-0.1, -0.05) is 0 Å². The second kappa shape index (κ2) is 4.72. The monoisotopic (exact) mass is 240 g/mol. The first kappa shape index (κ1) is 13.4. The Kier molecular flexibility index (Phi) is 4.51. The van der Waals surface area contributed by atoms with Crippen LogP contribution < -0.4 is 4.72 Å². The van der Waals surface area contributed by atoms with Crippen molar-refractivity contribution in [3.63, 3.8) is 0 Å². The molecule has 0 aromatic rings. The number of rotatable bonds is 5. The lowest BCUT2D eigenvalue weighted by Crippen LogP contribution is -2.38. The predicted molar refractivity (Wildman–Crippen MR) is 51.7 cm³/mol. The van der Waals surface area contributed by atoms with Crippen LogP contribution in [-0.4, -0.2) is 40.6 Å². The predicted octanol–water partition coefficient (Wildman–Crippen LogP) is -1.14. The Morgan fingerprint density at radius 3 is 2.21 bits per heavy atom. The van der Waals surface area contributed by atoms with Gasteiger partial charge in [-0.2, -0.15) is 5.26 Å². The first-order valence-electron chi connectivity index (χ1n) is 3.71. The maximum absolute atomic E-state index is 11.0. The highest BCUT2D eigenvalue weighted by Gasteiger charge is 2.17. The van der Waals surface area contributed by atoms with Gasteiger partial charge in [0.1, 0.15) is 9.84 Å². The van der Waals surface area contributed by atoms with E-state index < -0.39 is 31.7 Å². The van der Waals surface area contributed by atoms with Gasteiger partial charge >= 0.3 is 0 Å². The zero-order valence-electron chi connectivity index (χ0n) is 7.89. The SMILES string of the molecule is CC(CS(C)(=O)=O)NS(=O)(=O)CC#N. The van der Waals surface area contributed by atoms with Gasteiger partial charge in [0, 0.05) is 12.3 Å². The summed E-state index contributed by atoms with van der Waals surface area (Å²) in [5.41, 5.74) is 0. The number of nitrogens with one attached hydrogen (secondary N) is 1. The second-order valence-corrected chi connectivity index (χ2v) is 6.97. The number of hydrogen-bond acceptors (Lipinski definition) is 5. The van der Waals surface area contributed by atoms with Crippen molar-refractivity contribution in [2.75, 3.05) is 17.8 Å². The fourth-order valence-corrected chi connectivity index (χ4v) is 2.97. The Bertz CT molecular complexity index is 417. The van der Waals surface area contributed by atoms with Gasteiger partial charge in [0.05, 0.1) is 11.8 Å². The smallest absolute Gasteiger partial charge is 0.225 e. The van der Waals surface area contributed by atoms with Gasteiger partial charge in [-0.3, -0.25) is 0 Å². The Balaban J connectivity index is 4.36. The van der Waals surface area contributed by atoms with E-state index in [9.17, 15) is 16.8 Å². The molecule has 14 heavy (non-hydrogen) atoms. The van der Waals surface area contributed by atoms with Crippen LogP contribution in [-0.2, 0) is 19.9 Å². The molecule has 6 nitrogen and oxygen atoms in total. The topological polar surface area (TPSA) is 104 Å². The standard InChI is InChI=1S/C6H12N2O4S2/c1-6(5-13(2,9)10)8-14(11,12)4-3-7/h6,8H,4-5H2,1-2H3. The number of nitrogens with zero attached hydrogens (tertiary/aromatic N) is 1. The lowest BCUT2D eigenvalue weighted by molar-refractivity contribution is 0.567. The lowest BCUT2D eigenvalue weighted by atomic mass is 10.4. The molecule has 0 fully saturated rings. The Morgan fingerprint density at radius 1 is 1.36 bits per heavy atom. The molecule has 1 N–H and O–H groups in total. The molecular weight excluding hydrogens is 228 g/mol. The zero-order valence-corrected chi connectivity index (χ0v) is 9.52. The zero-order chi connectivity index (χ0) is 11.4. The van der Waals surface area contributed by atoms with E-state index >= 15 is 0 Å². The van der Waals surface area contributed by atoms with Gasteiger partial charge in [-0.05, 0) is 6.92 Å². The lowest BCUT2D eigenvalue weighted by Gasteiger charge is -2.10. The fourth-order valence-electron chi connectivity index (χ4n) is 0.921.